The van der Waals surface area contributed by atoms with E-state index in [0.717, 1.165) is 57.7 Å². The average Bonchev–Trinajstić information content (AvgIpc) is 2.75. The van der Waals surface area contributed by atoms with Crippen molar-refractivity contribution in [1.82, 2.24) is 4.90 Å². The Labute approximate surface area is 186 Å². The first-order valence-electron chi connectivity index (χ1n) is 11.5. The molecule has 0 aromatic heterocycles. The van der Waals surface area contributed by atoms with Crippen molar-refractivity contribution >= 4 is 17.7 Å². The van der Waals surface area contributed by atoms with Crippen LogP contribution in [-0.2, 0) is 19.0 Å². The van der Waals surface area contributed by atoms with Crippen LogP contribution in [0.5, 0.6) is 0 Å². The number of morpholine rings is 1. The fourth-order valence-corrected chi connectivity index (χ4v) is 3.68. The van der Waals surface area contributed by atoms with Crippen molar-refractivity contribution in [3.05, 3.63) is 29.8 Å². The molecular weight excluding hydrogens is 396 g/mol. The van der Waals surface area contributed by atoms with E-state index >= 15 is 0 Å². The summed E-state index contributed by atoms with van der Waals surface area (Å²) in [6.07, 6.45) is 5.22. The van der Waals surface area contributed by atoms with Gasteiger partial charge in [-0.15, -0.1) is 0 Å². The van der Waals surface area contributed by atoms with E-state index < -0.39 is 6.09 Å². The molecule has 1 heterocycles. The normalized spacial score (nSPS) is 16.4. The first kappa shape index (κ1) is 25.1. The second-order valence-electron chi connectivity index (χ2n) is 8.16. The zero-order chi connectivity index (χ0) is 22.5. The van der Waals surface area contributed by atoms with Gasteiger partial charge in [0.25, 0.3) is 0 Å². The van der Waals surface area contributed by atoms with Crippen LogP contribution in [0, 0.1) is 0 Å². The number of ether oxygens (including phenoxy) is 3. The number of carbonyl (C=O) groups is 2. The van der Waals surface area contributed by atoms with Gasteiger partial charge in [0.2, 0.25) is 0 Å². The lowest BCUT2D eigenvalue weighted by Gasteiger charge is -2.28. The third-order valence-electron chi connectivity index (χ3n) is 5.40. The average molecular weight is 435 g/mol. The third kappa shape index (κ3) is 10.2. The van der Waals surface area contributed by atoms with Gasteiger partial charge >= 0.3 is 12.1 Å². The van der Waals surface area contributed by atoms with Crippen molar-refractivity contribution < 1.29 is 23.8 Å². The molecule has 1 saturated heterocycles. The molecule has 0 bridgehead atoms. The van der Waals surface area contributed by atoms with Crippen LogP contribution in [0.4, 0.5) is 10.5 Å². The Morgan fingerprint density at radius 1 is 1.13 bits per heavy atom. The van der Waals surface area contributed by atoms with Crippen LogP contribution in [0.3, 0.4) is 0 Å². The molecule has 174 valence electrons. The van der Waals surface area contributed by atoms with E-state index in [9.17, 15) is 9.59 Å². The van der Waals surface area contributed by atoms with Crippen LogP contribution in [-0.4, -0.2) is 55.9 Å². The molecule has 7 nitrogen and oxygen atoms in total. The lowest BCUT2D eigenvalue weighted by atomic mass is 10.0. The van der Waals surface area contributed by atoms with Crippen LogP contribution in [0.15, 0.2) is 24.3 Å². The van der Waals surface area contributed by atoms with Gasteiger partial charge in [-0.25, -0.2) is 4.79 Å². The van der Waals surface area contributed by atoms with Crippen molar-refractivity contribution in [3.8, 4) is 0 Å². The maximum Gasteiger partial charge on any atom is 0.411 e. The number of rotatable bonds is 12. The van der Waals surface area contributed by atoms with Gasteiger partial charge in [-0.1, -0.05) is 38.3 Å². The SMILES string of the molecule is CCCCCC[C@H](C)OC(=O)Nc1cccc([C@H](CCN2CCOCC2)OC(C)=O)c1. The summed E-state index contributed by atoms with van der Waals surface area (Å²) < 4.78 is 16.4. The van der Waals surface area contributed by atoms with Crippen LogP contribution in [0.25, 0.3) is 0 Å². The molecule has 1 aromatic carbocycles. The molecule has 31 heavy (non-hydrogen) atoms. The van der Waals surface area contributed by atoms with Crippen LogP contribution >= 0.6 is 0 Å². The largest absolute Gasteiger partial charge is 0.458 e. The molecule has 2 atom stereocenters. The Morgan fingerprint density at radius 2 is 1.90 bits per heavy atom. The topological polar surface area (TPSA) is 77.1 Å². The van der Waals surface area contributed by atoms with Gasteiger partial charge in [-0.05, 0) is 37.5 Å². The van der Waals surface area contributed by atoms with E-state index in [4.69, 9.17) is 14.2 Å². The van der Waals surface area contributed by atoms with Gasteiger partial charge in [0.15, 0.2) is 0 Å². The van der Waals surface area contributed by atoms with Crippen molar-refractivity contribution in [3.63, 3.8) is 0 Å². The van der Waals surface area contributed by atoms with Crippen molar-refractivity contribution in [2.24, 2.45) is 0 Å². The number of nitrogens with zero attached hydrogens (tertiary/aromatic N) is 1. The molecule has 1 aliphatic heterocycles. The van der Waals surface area contributed by atoms with E-state index in [0.29, 0.717) is 12.1 Å². The minimum Gasteiger partial charge on any atom is -0.458 e. The van der Waals surface area contributed by atoms with Crippen LogP contribution < -0.4 is 5.32 Å². The quantitative estimate of drug-likeness (QED) is 0.372. The van der Waals surface area contributed by atoms with Gasteiger partial charge in [0.1, 0.15) is 12.2 Å². The summed E-state index contributed by atoms with van der Waals surface area (Å²) in [5, 5.41) is 2.80. The fourth-order valence-electron chi connectivity index (χ4n) is 3.68. The predicted octanol–water partition coefficient (Wildman–Crippen LogP) is 4.92. The summed E-state index contributed by atoms with van der Waals surface area (Å²) in [6.45, 7) is 9.57. The smallest absolute Gasteiger partial charge is 0.411 e. The van der Waals surface area contributed by atoms with E-state index in [-0.39, 0.29) is 18.2 Å². The molecule has 1 aliphatic rings. The van der Waals surface area contributed by atoms with Crippen molar-refractivity contribution in [2.45, 2.75) is 71.5 Å². The van der Waals surface area contributed by atoms with Crippen LogP contribution in [0.2, 0.25) is 0 Å². The lowest BCUT2D eigenvalue weighted by Crippen LogP contribution is -2.37. The highest BCUT2D eigenvalue weighted by Crippen LogP contribution is 2.25. The third-order valence-corrected chi connectivity index (χ3v) is 5.40. The van der Waals surface area contributed by atoms with E-state index in [1.54, 1.807) is 0 Å². The Kier molecular flexibility index (Phi) is 11.4. The first-order chi connectivity index (χ1) is 15.0. The molecule has 0 saturated carbocycles. The molecule has 2 rings (SSSR count). The fraction of sp³-hybridized carbons (Fsp3) is 0.667. The summed E-state index contributed by atoms with van der Waals surface area (Å²) in [4.78, 5) is 26.2. The Balaban J connectivity index is 1.90. The second kappa shape index (κ2) is 14.0. The zero-order valence-electron chi connectivity index (χ0n) is 19.2. The minimum atomic E-state index is -0.461. The number of benzene rings is 1. The number of unbranched alkanes of at least 4 members (excludes halogenated alkanes) is 3. The molecule has 1 aromatic rings. The highest BCUT2D eigenvalue weighted by molar-refractivity contribution is 5.84. The zero-order valence-corrected chi connectivity index (χ0v) is 19.2. The number of carbonyl (C=O) groups excluding carboxylic acids is 2. The van der Waals surface area contributed by atoms with Crippen LogP contribution in [0.1, 0.15) is 71.0 Å². The molecule has 0 aliphatic carbocycles. The number of anilines is 1. The number of amides is 1. The van der Waals surface area contributed by atoms with Gasteiger partial charge in [-0.2, -0.15) is 0 Å². The highest BCUT2D eigenvalue weighted by atomic mass is 16.6. The number of hydrogen-bond acceptors (Lipinski definition) is 6. The van der Waals surface area contributed by atoms with E-state index in [1.807, 2.05) is 31.2 Å². The maximum atomic E-state index is 12.3. The summed E-state index contributed by atoms with van der Waals surface area (Å²) in [5.41, 5.74) is 1.48. The Bertz CT molecular complexity index is 676. The molecule has 0 unspecified atom stereocenters. The minimum absolute atomic E-state index is 0.123. The number of hydrogen-bond donors (Lipinski definition) is 1. The van der Waals surface area contributed by atoms with Gasteiger partial charge in [0, 0.05) is 38.7 Å². The first-order valence-corrected chi connectivity index (χ1v) is 11.5. The highest BCUT2D eigenvalue weighted by Gasteiger charge is 2.19. The summed E-state index contributed by atoms with van der Waals surface area (Å²) >= 11 is 0. The molecule has 0 spiro atoms. The molecule has 1 amide bonds. The molecule has 1 fully saturated rings. The summed E-state index contributed by atoms with van der Waals surface area (Å²) in [5.74, 6) is -0.318. The van der Waals surface area contributed by atoms with E-state index in [2.05, 4.69) is 17.1 Å². The maximum absolute atomic E-state index is 12.3. The van der Waals surface area contributed by atoms with E-state index in [1.165, 1.54) is 19.8 Å². The monoisotopic (exact) mass is 434 g/mol. The Morgan fingerprint density at radius 3 is 2.61 bits per heavy atom. The van der Waals surface area contributed by atoms with Gasteiger partial charge in [-0.3, -0.25) is 15.0 Å². The summed E-state index contributed by atoms with van der Waals surface area (Å²) in [7, 11) is 0. The molecular formula is C24H38N2O5. The molecule has 0 radical (unpaired) electrons. The Hall–Kier alpha value is -2.12. The lowest BCUT2D eigenvalue weighted by molar-refractivity contribution is -0.147. The van der Waals surface area contributed by atoms with Gasteiger partial charge < -0.3 is 14.2 Å². The molecule has 1 N–H and O–H groups in total. The van der Waals surface area contributed by atoms with Crippen molar-refractivity contribution in [2.75, 3.05) is 38.2 Å². The number of esters is 1. The predicted molar refractivity (Wildman–Crippen MR) is 121 cm³/mol. The number of nitrogens with one attached hydrogen (secondary N) is 1. The standard InChI is InChI=1S/C24H38N2O5/c1-4-5-6-7-9-19(2)30-24(28)25-22-11-8-10-21(18-22)23(31-20(3)27)12-13-26-14-16-29-17-15-26/h8,10-11,18-19,23H,4-7,9,12-17H2,1-3H3,(H,25,28)/t19-,23-/m0/s1. The van der Waals surface area contributed by atoms with Crippen molar-refractivity contribution in [1.29, 1.82) is 0 Å². The molecule has 7 heteroatoms. The van der Waals surface area contributed by atoms with Gasteiger partial charge in [0.05, 0.1) is 13.2 Å². The summed E-state index contributed by atoms with van der Waals surface area (Å²) in [6, 6.07) is 7.42. The second-order valence-corrected chi connectivity index (χ2v) is 8.16.